The van der Waals surface area contributed by atoms with E-state index in [9.17, 15) is 4.79 Å². The molecular formula is C13H12N4O3. The lowest BCUT2D eigenvalue weighted by molar-refractivity contribution is -0.140. The van der Waals surface area contributed by atoms with Gasteiger partial charge in [-0.15, -0.1) is 5.10 Å². The topological polar surface area (TPSA) is 94.0 Å². The van der Waals surface area contributed by atoms with Gasteiger partial charge in [-0.1, -0.05) is 24.3 Å². The van der Waals surface area contributed by atoms with Crippen LogP contribution in [0.2, 0.25) is 0 Å². The average molecular weight is 272 g/mol. The second kappa shape index (κ2) is 4.44. The molecule has 0 fully saturated rings. The molecule has 0 amide bonds. The number of benzene rings is 1. The molecule has 0 radical (unpaired) electrons. The first-order valence-corrected chi connectivity index (χ1v) is 6.08. The van der Waals surface area contributed by atoms with E-state index in [4.69, 9.17) is 9.52 Å². The lowest BCUT2D eigenvalue weighted by atomic mass is 10.1. The third-order valence-electron chi connectivity index (χ3n) is 3.23. The molecule has 7 nitrogen and oxygen atoms in total. The van der Waals surface area contributed by atoms with Gasteiger partial charge < -0.3 is 9.52 Å². The average Bonchev–Trinajstić information content (AvgIpc) is 3.03. The summed E-state index contributed by atoms with van der Waals surface area (Å²) in [6.45, 7) is 3.36. The zero-order valence-corrected chi connectivity index (χ0v) is 10.9. The van der Waals surface area contributed by atoms with E-state index in [1.54, 1.807) is 0 Å². The van der Waals surface area contributed by atoms with Gasteiger partial charge in [-0.3, -0.25) is 0 Å². The van der Waals surface area contributed by atoms with Crippen molar-refractivity contribution in [3.05, 3.63) is 30.0 Å². The molecule has 7 heteroatoms. The number of nitrogens with zero attached hydrogens (tertiary/aromatic N) is 4. The molecule has 102 valence electrons. The van der Waals surface area contributed by atoms with E-state index in [1.807, 2.05) is 31.2 Å². The third kappa shape index (κ3) is 1.75. The minimum atomic E-state index is -1.01. The highest BCUT2D eigenvalue weighted by Crippen LogP contribution is 2.32. The first-order chi connectivity index (χ1) is 9.59. The summed E-state index contributed by atoms with van der Waals surface area (Å²) in [7, 11) is 0. The number of carboxylic acid groups (broad SMARTS) is 1. The van der Waals surface area contributed by atoms with Crippen molar-refractivity contribution in [2.75, 3.05) is 0 Å². The van der Waals surface area contributed by atoms with E-state index in [1.165, 1.54) is 11.6 Å². The summed E-state index contributed by atoms with van der Waals surface area (Å²) in [5, 5.41) is 22.1. The van der Waals surface area contributed by atoms with Crippen molar-refractivity contribution in [3.8, 4) is 11.6 Å². The van der Waals surface area contributed by atoms with Crippen molar-refractivity contribution >= 4 is 16.7 Å². The third-order valence-corrected chi connectivity index (χ3v) is 3.23. The van der Waals surface area contributed by atoms with Crippen LogP contribution in [0.1, 0.15) is 18.7 Å². The van der Waals surface area contributed by atoms with Crippen LogP contribution in [0.5, 0.6) is 0 Å². The summed E-state index contributed by atoms with van der Waals surface area (Å²) in [6.07, 6.45) is 0. The van der Waals surface area contributed by atoms with Crippen molar-refractivity contribution in [2.24, 2.45) is 0 Å². The lowest BCUT2D eigenvalue weighted by Crippen LogP contribution is -2.17. The number of aliphatic carboxylic acids is 1. The van der Waals surface area contributed by atoms with E-state index in [-0.39, 0.29) is 0 Å². The molecule has 1 atom stereocenters. The Bertz CT molecular complexity index is 790. The van der Waals surface area contributed by atoms with Gasteiger partial charge >= 0.3 is 5.97 Å². The Hall–Kier alpha value is -2.70. The fourth-order valence-electron chi connectivity index (χ4n) is 2.13. The Morgan fingerprint density at radius 1 is 1.35 bits per heavy atom. The number of aromatic nitrogens is 4. The summed E-state index contributed by atoms with van der Waals surface area (Å²) >= 11 is 0. The summed E-state index contributed by atoms with van der Waals surface area (Å²) in [5.41, 5.74) is 0. The van der Waals surface area contributed by atoms with Crippen LogP contribution in [-0.4, -0.2) is 31.3 Å². The fraction of sp³-hybridized carbons (Fsp3) is 0.231. The highest BCUT2D eigenvalue weighted by molar-refractivity contribution is 5.94. The number of furan rings is 1. The molecule has 1 unspecified atom stereocenters. The fourth-order valence-corrected chi connectivity index (χ4v) is 2.13. The van der Waals surface area contributed by atoms with Gasteiger partial charge in [0.15, 0.2) is 11.8 Å². The molecule has 2 aromatic heterocycles. The van der Waals surface area contributed by atoms with Gasteiger partial charge in [0.2, 0.25) is 5.82 Å². The molecule has 1 N–H and O–H groups in total. The number of carbonyl (C=O) groups is 1. The van der Waals surface area contributed by atoms with Crippen molar-refractivity contribution < 1.29 is 14.3 Å². The Balaban J connectivity index is 2.22. The number of fused-ring (bicyclic) bond motifs is 1. The summed E-state index contributed by atoms with van der Waals surface area (Å²) < 4.78 is 6.97. The van der Waals surface area contributed by atoms with Crippen LogP contribution in [0.25, 0.3) is 22.4 Å². The first-order valence-electron chi connectivity index (χ1n) is 6.08. The highest BCUT2D eigenvalue weighted by atomic mass is 16.4. The molecular weight excluding hydrogens is 260 g/mol. The van der Waals surface area contributed by atoms with E-state index >= 15 is 0 Å². The minimum absolute atomic E-state index is 0.309. The SMILES string of the molecule is Cc1oc(-c2nnnn2C(C)C(=O)O)c2ccccc12. The minimum Gasteiger partial charge on any atom is -0.480 e. The van der Waals surface area contributed by atoms with Gasteiger partial charge in [-0.2, -0.15) is 0 Å². The van der Waals surface area contributed by atoms with Crippen LogP contribution in [0, 0.1) is 6.92 Å². The maximum atomic E-state index is 11.1. The number of aryl methyl sites for hydroxylation is 1. The molecule has 0 saturated heterocycles. The van der Waals surface area contributed by atoms with Crippen molar-refractivity contribution in [1.29, 1.82) is 0 Å². The predicted octanol–water partition coefficient (Wildman–Crippen LogP) is 2.04. The quantitative estimate of drug-likeness (QED) is 0.784. The molecule has 3 rings (SSSR count). The standard InChI is InChI=1S/C13H12N4O3/c1-7(13(18)19)17-12(14-15-16-17)11-10-6-4-3-5-9(10)8(2)20-11/h3-7H,1-2H3,(H,18,19). The largest absolute Gasteiger partial charge is 0.480 e. The number of tetrazole rings is 1. The van der Waals surface area contributed by atoms with E-state index in [0.29, 0.717) is 11.6 Å². The molecule has 0 aliphatic rings. The second-order valence-corrected chi connectivity index (χ2v) is 4.49. The van der Waals surface area contributed by atoms with Crippen molar-refractivity contribution in [3.63, 3.8) is 0 Å². The lowest BCUT2D eigenvalue weighted by Gasteiger charge is -2.07. The molecule has 1 aromatic carbocycles. The van der Waals surface area contributed by atoms with Crippen LogP contribution in [-0.2, 0) is 4.79 Å². The molecule has 0 spiro atoms. The van der Waals surface area contributed by atoms with Gasteiger partial charge in [0.25, 0.3) is 0 Å². The Morgan fingerprint density at radius 2 is 2.05 bits per heavy atom. The Morgan fingerprint density at radius 3 is 2.75 bits per heavy atom. The van der Waals surface area contributed by atoms with Gasteiger partial charge in [-0.25, -0.2) is 9.48 Å². The van der Waals surface area contributed by atoms with E-state index in [2.05, 4.69) is 15.5 Å². The maximum absolute atomic E-state index is 11.1. The number of carboxylic acids is 1. The van der Waals surface area contributed by atoms with Gasteiger partial charge in [0.1, 0.15) is 5.76 Å². The van der Waals surface area contributed by atoms with E-state index in [0.717, 1.165) is 16.5 Å². The van der Waals surface area contributed by atoms with Crippen LogP contribution in [0.15, 0.2) is 28.7 Å². The van der Waals surface area contributed by atoms with Crippen LogP contribution < -0.4 is 0 Å². The zero-order chi connectivity index (χ0) is 14.3. The first kappa shape index (κ1) is 12.3. The van der Waals surface area contributed by atoms with E-state index < -0.39 is 12.0 Å². The molecule has 2 heterocycles. The number of rotatable bonds is 3. The van der Waals surface area contributed by atoms with Crippen LogP contribution >= 0.6 is 0 Å². The van der Waals surface area contributed by atoms with Crippen molar-refractivity contribution in [2.45, 2.75) is 19.9 Å². The normalized spacial score (nSPS) is 12.7. The van der Waals surface area contributed by atoms with Gasteiger partial charge in [-0.05, 0) is 24.3 Å². The Labute approximate surface area is 113 Å². The van der Waals surface area contributed by atoms with Gasteiger partial charge in [0.05, 0.1) is 0 Å². The Kier molecular flexibility index (Phi) is 2.74. The highest BCUT2D eigenvalue weighted by Gasteiger charge is 2.24. The number of hydrogen-bond acceptors (Lipinski definition) is 5. The van der Waals surface area contributed by atoms with Crippen molar-refractivity contribution in [1.82, 2.24) is 20.2 Å². The second-order valence-electron chi connectivity index (χ2n) is 4.49. The predicted molar refractivity (Wildman–Crippen MR) is 70.1 cm³/mol. The zero-order valence-electron chi connectivity index (χ0n) is 10.9. The summed E-state index contributed by atoms with van der Waals surface area (Å²) in [4.78, 5) is 11.1. The molecule has 0 bridgehead atoms. The summed E-state index contributed by atoms with van der Waals surface area (Å²) in [5.74, 6) is 0.527. The molecule has 3 aromatic rings. The molecule has 0 aliphatic heterocycles. The molecule has 20 heavy (non-hydrogen) atoms. The monoisotopic (exact) mass is 272 g/mol. The summed E-state index contributed by atoms with van der Waals surface area (Å²) in [6, 6.07) is 6.76. The maximum Gasteiger partial charge on any atom is 0.328 e. The van der Waals surface area contributed by atoms with Crippen LogP contribution in [0.4, 0.5) is 0 Å². The van der Waals surface area contributed by atoms with Gasteiger partial charge in [0, 0.05) is 10.8 Å². The molecule has 0 aliphatic carbocycles. The smallest absolute Gasteiger partial charge is 0.328 e. The molecule has 0 saturated carbocycles. The van der Waals surface area contributed by atoms with Crippen LogP contribution in [0.3, 0.4) is 0 Å². The number of hydrogen-bond donors (Lipinski definition) is 1.